The number of fused-ring (bicyclic) bond motifs is 1. The van der Waals surface area contributed by atoms with Crippen LogP contribution in [0.2, 0.25) is 0 Å². The molecule has 1 aliphatic carbocycles. The minimum Gasteiger partial charge on any atom is -0.354 e. The molecule has 0 fully saturated rings. The van der Waals surface area contributed by atoms with Crippen LogP contribution in [-0.2, 0) is 21.9 Å². The molecule has 0 bridgehead atoms. The molecule has 0 heterocycles. The summed E-state index contributed by atoms with van der Waals surface area (Å²) in [6.45, 7) is 0. The first-order chi connectivity index (χ1) is 6.18. The van der Waals surface area contributed by atoms with Crippen molar-refractivity contribution >= 4 is 5.78 Å². The zero-order valence-corrected chi connectivity index (χ0v) is 6.73. The second kappa shape index (κ2) is 2.63. The van der Waals surface area contributed by atoms with Crippen molar-refractivity contribution in [3.63, 3.8) is 0 Å². The predicted molar refractivity (Wildman–Crippen MR) is 42.8 cm³/mol. The monoisotopic (exact) mass is 180 g/mol. The van der Waals surface area contributed by atoms with Gasteiger partial charge < -0.3 is 5.11 Å². The Kier molecular flexibility index (Phi) is 1.69. The Bertz CT molecular complexity index is 360. The van der Waals surface area contributed by atoms with Crippen molar-refractivity contribution in [2.75, 3.05) is 0 Å². The Morgan fingerprint density at radius 3 is 2.77 bits per heavy atom. The van der Waals surface area contributed by atoms with Crippen LogP contribution in [0, 0.1) is 0 Å². The van der Waals surface area contributed by atoms with Crippen molar-refractivity contribution in [3.05, 3.63) is 35.4 Å². The van der Waals surface area contributed by atoms with Crippen LogP contribution in [0.1, 0.15) is 11.1 Å². The highest BCUT2D eigenvalue weighted by Gasteiger charge is 2.46. The topological polar surface area (TPSA) is 66.8 Å². The summed E-state index contributed by atoms with van der Waals surface area (Å²) in [6, 6.07) is 6.69. The maximum Gasteiger partial charge on any atom is 0.285 e. The number of carbonyl (C=O) groups is 1. The first-order valence-electron chi connectivity index (χ1n) is 3.85. The minimum atomic E-state index is -2.16. The van der Waals surface area contributed by atoms with E-state index >= 15 is 0 Å². The molecule has 1 aromatic carbocycles. The molecule has 1 aromatic rings. The Labute approximate surface area is 74.3 Å². The van der Waals surface area contributed by atoms with Crippen molar-refractivity contribution < 1.29 is 20.0 Å². The molecule has 1 unspecified atom stereocenters. The number of rotatable bonds is 1. The second-order valence-electron chi connectivity index (χ2n) is 2.99. The summed E-state index contributed by atoms with van der Waals surface area (Å²) in [5.41, 5.74) is 1.01. The first-order valence-corrected chi connectivity index (χ1v) is 3.85. The summed E-state index contributed by atoms with van der Waals surface area (Å²) in [7, 11) is 0. The number of ketones is 1. The Morgan fingerprint density at radius 1 is 1.38 bits per heavy atom. The van der Waals surface area contributed by atoms with Crippen LogP contribution >= 0.6 is 0 Å². The number of aliphatic hydroxyl groups is 1. The summed E-state index contributed by atoms with van der Waals surface area (Å²) in [4.78, 5) is 15.1. The maximum atomic E-state index is 11.2. The van der Waals surface area contributed by atoms with Gasteiger partial charge in [0, 0.05) is 12.0 Å². The van der Waals surface area contributed by atoms with Gasteiger partial charge in [-0.1, -0.05) is 24.3 Å². The lowest BCUT2D eigenvalue weighted by molar-refractivity contribution is -0.379. The Morgan fingerprint density at radius 2 is 2.08 bits per heavy atom. The quantitative estimate of drug-likeness (QED) is 0.374. The molecule has 1 atom stereocenters. The molecule has 2 N–H and O–H groups in total. The van der Waals surface area contributed by atoms with E-state index in [2.05, 4.69) is 4.89 Å². The average molecular weight is 180 g/mol. The third-order valence-electron chi connectivity index (χ3n) is 2.24. The highest BCUT2D eigenvalue weighted by Crippen LogP contribution is 2.33. The lowest BCUT2D eigenvalue weighted by Crippen LogP contribution is -2.33. The largest absolute Gasteiger partial charge is 0.354 e. The van der Waals surface area contributed by atoms with Gasteiger partial charge in [-0.2, -0.15) is 4.89 Å². The molecule has 0 radical (unpaired) electrons. The number of carbonyl (C=O) groups excluding carboxylic acids is 1. The van der Waals surface area contributed by atoms with E-state index in [0.717, 1.165) is 0 Å². The van der Waals surface area contributed by atoms with Crippen LogP contribution in [0.4, 0.5) is 0 Å². The van der Waals surface area contributed by atoms with Crippen molar-refractivity contribution in [1.82, 2.24) is 0 Å². The minimum absolute atomic E-state index is 0.0905. The summed E-state index contributed by atoms with van der Waals surface area (Å²) in [5.74, 6) is -2.70. The molecule has 68 valence electrons. The maximum absolute atomic E-state index is 11.2. The van der Waals surface area contributed by atoms with Gasteiger partial charge in [0.1, 0.15) is 0 Å². The van der Waals surface area contributed by atoms with Crippen LogP contribution in [0.15, 0.2) is 24.3 Å². The number of hydrogen-bond acceptors (Lipinski definition) is 4. The van der Waals surface area contributed by atoms with Crippen LogP contribution < -0.4 is 0 Å². The van der Waals surface area contributed by atoms with Crippen molar-refractivity contribution in [2.45, 2.75) is 12.2 Å². The third kappa shape index (κ3) is 1.00. The van der Waals surface area contributed by atoms with Crippen LogP contribution in [-0.4, -0.2) is 16.1 Å². The van der Waals surface area contributed by atoms with E-state index in [4.69, 9.17) is 5.26 Å². The lowest BCUT2D eigenvalue weighted by Gasteiger charge is -2.16. The summed E-state index contributed by atoms with van der Waals surface area (Å²) in [5, 5.41) is 18.1. The first kappa shape index (κ1) is 8.37. The van der Waals surface area contributed by atoms with Gasteiger partial charge in [0.05, 0.1) is 0 Å². The van der Waals surface area contributed by atoms with E-state index in [1.165, 1.54) is 0 Å². The van der Waals surface area contributed by atoms with Crippen molar-refractivity contribution in [3.8, 4) is 0 Å². The molecule has 4 nitrogen and oxygen atoms in total. The van der Waals surface area contributed by atoms with Crippen molar-refractivity contribution in [1.29, 1.82) is 0 Å². The van der Waals surface area contributed by atoms with Gasteiger partial charge in [0.15, 0.2) is 0 Å². The van der Waals surface area contributed by atoms with E-state index in [0.29, 0.717) is 11.1 Å². The molecule has 0 aromatic heterocycles. The van der Waals surface area contributed by atoms with Gasteiger partial charge in [-0.05, 0) is 5.56 Å². The molecule has 13 heavy (non-hydrogen) atoms. The number of hydrogen-bond donors (Lipinski definition) is 2. The van der Waals surface area contributed by atoms with Gasteiger partial charge in [-0.25, -0.2) is 5.26 Å². The molecule has 2 rings (SSSR count). The zero-order chi connectivity index (χ0) is 9.47. The van der Waals surface area contributed by atoms with Crippen LogP contribution in [0.25, 0.3) is 0 Å². The number of Topliss-reactive ketones (excluding diaryl/α,β-unsaturated/α-hetero) is 1. The zero-order valence-electron chi connectivity index (χ0n) is 6.73. The molecule has 0 spiro atoms. The van der Waals surface area contributed by atoms with Gasteiger partial charge in [-0.15, -0.1) is 0 Å². The molecule has 0 saturated heterocycles. The molecular formula is C9H8O4. The van der Waals surface area contributed by atoms with Gasteiger partial charge in [0.25, 0.3) is 5.79 Å². The van der Waals surface area contributed by atoms with E-state index in [1.54, 1.807) is 24.3 Å². The molecule has 0 aliphatic heterocycles. The molecule has 0 amide bonds. The summed E-state index contributed by atoms with van der Waals surface area (Å²) >= 11 is 0. The van der Waals surface area contributed by atoms with E-state index < -0.39 is 11.6 Å². The highest BCUT2D eigenvalue weighted by molar-refractivity contribution is 5.93. The summed E-state index contributed by atoms with van der Waals surface area (Å²) < 4.78 is 0. The average Bonchev–Trinajstić information content (AvgIpc) is 2.41. The van der Waals surface area contributed by atoms with E-state index in [9.17, 15) is 9.90 Å². The number of benzene rings is 1. The van der Waals surface area contributed by atoms with Gasteiger partial charge in [0.2, 0.25) is 5.78 Å². The van der Waals surface area contributed by atoms with E-state index in [1.807, 2.05) is 0 Å². The smallest absolute Gasteiger partial charge is 0.285 e. The lowest BCUT2D eigenvalue weighted by atomic mass is 10.1. The van der Waals surface area contributed by atoms with Gasteiger partial charge >= 0.3 is 0 Å². The molecule has 4 heteroatoms. The normalized spacial score (nSPS) is 26.2. The second-order valence-corrected chi connectivity index (χ2v) is 2.99. The summed E-state index contributed by atoms with van der Waals surface area (Å²) in [6.07, 6.45) is 0.0905. The molecule has 1 aliphatic rings. The SMILES string of the molecule is O=C1Cc2ccccc2C1(O)OO. The predicted octanol–water partition coefficient (Wildman–Crippen LogP) is 0.446. The third-order valence-corrected chi connectivity index (χ3v) is 2.24. The van der Waals surface area contributed by atoms with Crippen molar-refractivity contribution in [2.24, 2.45) is 0 Å². The standard InChI is InChI=1S/C9H8O4/c10-8-5-6-3-1-2-4-7(6)9(8,11)13-12/h1-4,11-12H,5H2. The molecular weight excluding hydrogens is 172 g/mol. The van der Waals surface area contributed by atoms with Gasteiger partial charge in [-0.3, -0.25) is 4.79 Å². The fraction of sp³-hybridized carbons (Fsp3) is 0.222. The van der Waals surface area contributed by atoms with Crippen LogP contribution in [0.5, 0.6) is 0 Å². The fourth-order valence-electron chi connectivity index (χ4n) is 1.55. The molecule has 0 saturated carbocycles. The highest BCUT2D eigenvalue weighted by atomic mass is 17.1. The van der Waals surface area contributed by atoms with E-state index in [-0.39, 0.29) is 6.42 Å². The van der Waals surface area contributed by atoms with Crippen LogP contribution in [0.3, 0.4) is 0 Å². The Balaban J connectivity index is 2.59. The Hall–Kier alpha value is -1.23. The fourth-order valence-corrected chi connectivity index (χ4v) is 1.55.